The lowest BCUT2D eigenvalue weighted by molar-refractivity contribution is 0.0954. The number of rotatable bonds is 8. The minimum absolute atomic E-state index is 0.561. The molecule has 4 rings (SSSR count). The van der Waals surface area contributed by atoms with Gasteiger partial charge in [0.25, 0.3) is 0 Å². The number of hydrogen-bond acceptors (Lipinski definition) is 6. The van der Waals surface area contributed by atoms with E-state index in [2.05, 4.69) is 39.9 Å². The van der Waals surface area contributed by atoms with Gasteiger partial charge in [-0.2, -0.15) is 0 Å². The van der Waals surface area contributed by atoms with Crippen LogP contribution in [-0.2, 0) is 17.8 Å². The Morgan fingerprint density at radius 1 is 1.18 bits per heavy atom. The quantitative estimate of drug-likeness (QED) is 0.598. The fraction of sp³-hybridized carbons (Fsp3) is 0.455. The lowest BCUT2D eigenvalue weighted by Crippen LogP contribution is -2.40. The van der Waals surface area contributed by atoms with Crippen LogP contribution in [0.2, 0.25) is 0 Å². The van der Waals surface area contributed by atoms with Gasteiger partial charge in [-0.3, -0.25) is 4.90 Å². The maximum Gasteiger partial charge on any atom is 0.145 e. The van der Waals surface area contributed by atoms with E-state index in [0.717, 1.165) is 55.2 Å². The minimum Gasteiger partial charge on any atom is -0.385 e. The molecule has 0 radical (unpaired) electrons. The first-order valence-corrected chi connectivity index (χ1v) is 11.0. The van der Waals surface area contributed by atoms with Crippen LogP contribution in [0.4, 0.5) is 5.82 Å². The largest absolute Gasteiger partial charge is 0.385 e. The highest BCUT2D eigenvalue weighted by molar-refractivity contribution is 7.09. The highest BCUT2D eigenvalue weighted by Crippen LogP contribution is 2.25. The highest BCUT2D eigenvalue weighted by Gasteiger charge is 2.23. The Hall–Kier alpha value is -2.02. The van der Waals surface area contributed by atoms with Crippen molar-refractivity contribution in [1.29, 1.82) is 0 Å². The fourth-order valence-electron chi connectivity index (χ4n) is 3.94. The molecule has 6 heteroatoms. The number of fused-ring (bicyclic) bond motifs is 1. The van der Waals surface area contributed by atoms with Gasteiger partial charge in [0.15, 0.2) is 0 Å². The summed E-state index contributed by atoms with van der Waals surface area (Å²) in [6.45, 7) is 3.51. The van der Waals surface area contributed by atoms with Crippen molar-refractivity contribution >= 4 is 28.1 Å². The van der Waals surface area contributed by atoms with Crippen molar-refractivity contribution in [2.45, 2.75) is 44.8 Å². The number of aromatic nitrogens is 2. The van der Waals surface area contributed by atoms with E-state index in [-0.39, 0.29) is 0 Å². The van der Waals surface area contributed by atoms with Gasteiger partial charge in [0.05, 0.1) is 18.6 Å². The molecule has 148 valence electrons. The van der Waals surface area contributed by atoms with Crippen LogP contribution in [0, 0.1) is 0 Å². The van der Waals surface area contributed by atoms with Crippen LogP contribution >= 0.6 is 11.3 Å². The van der Waals surface area contributed by atoms with Gasteiger partial charge in [0.1, 0.15) is 11.6 Å². The second kappa shape index (κ2) is 9.45. The van der Waals surface area contributed by atoms with E-state index in [1.807, 2.05) is 12.1 Å². The monoisotopic (exact) mass is 396 g/mol. The second-order valence-electron chi connectivity index (χ2n) is 7.34. The summed E-state index contributed by atoms with van der Waals surface area (Å²) < 4.78 is 5.32. The van der Waals surface area contributed by atoms with E-state index in [1.165, 1.54) is 24.1 Å². The van der Waals surface area contributed by atoms with Crippen LogP contribution in [0.1, 0.15) is 36.4 Å². The maximum atomic E-state index is 5.32. The van der Waals surface area contributed by atoms with Crippen molar-refractivity contribution in [3.05, 3.63) is 52.5 Å². The standard InChI is InChI=1S/C22H28N4OS/c1-27-13-11-17-7-4-5-12-26(17)16-21-24-20-10-3-2-9-19(20)22(25-21)23-15-18-8-6-14-28-18/h2-3,6,8-10,14,17H,4-5,7,11-13,15-16H2,1H3,(H,23,24,25)/t17-/m0/s1. The number of benzene rings is 1. The first-order chi connectivity index (χ1) is 13.8. The molecule has 1 fully saturated rings. The number of nitrogens with one attached hydrogen (secondary N) is 1. The fourth-order valence-corrected chi connectivity index (χ4v) is 4.59. The number of piperidine rings is 1. The third kappa shape index (κ3) is 4.69. The van der Waals surface area contributed by atoms with E-state index >= 15 is 0 Å². The summed E-state index contributed by atoms with van der Waals surface area (Å²) in [6.07, 6.45) is 4.87. The third-order valence-electron chi connectivity index (χ3n) is 5.41. The summed E-state index contributed by atoms with van der Waals surface area (Å²) in [4.78, 5) is 13.6. The topological polar surface area (TPSA) is 50.3 Å². The van der Waals surface area contributed by atoms with Crippen molar-refractivity contribution in [1.82, 2.24) is 14.9 Å². The zero-order valence-corrected chi connectivity index (χ0v) is 17.3. The van der Waals surface area contributed by atoms with Crippen molar-refractivity contribution in [3.63, 3.8) is 0 Å². The molecule has 1 aliphatic rings. The van der Waals surface area contributed by atoms with Crippen LogP contribution in [0.25, 0.3) is 10.9 Å². The van der Waals surface area contributed by atoms with Crippen LogP contribution in [0.5, 0.6) is 0 Å². The molecule has 1 atom stereocenters. The van der Waals surface area contributed by atoms with Crippen LogP contribution in [0.15, 0.2) is 41.8 Å². The Morgan fingerprint density at radius 2 is 2.11 bits per heavy atom. The van der Waals surface area contributed by atoms with Gasteiger partial charge in [-0.1, -0.05) is 24.6 Å². The molecule has 0 amide bonds. The number of likely N-dealkylation sites (tertiary alicyclic amines) is 1. The van der Waals surface area contributed by atoms with Crippen molar-refractivity contribution in [3.8, 4) is 0 Å². The molecule has 1 aromatic carbocycles. The smallest absolute Gasteiger partial charge is 0.145 e. The Balaban J connectivity index is 1.56. The predicted octanol–water partition coefficient (Wildman–Crippen LogP) is 4.69. The maximum absolute atomic E-state index is 5.32. The number of ether oxygens (including phenoxy) is 1. The molecule has 3 heterocycles. The molecule has 28 heavy (non-hydrogen) atoms. The average Bonchev–Trinajstić information content (AvgIpc) is 3.25. The lowest BCUT2D eigenvalue weighted by Gasteiger charge is -2.35. The van der Waals surface area contributed by atoms with Gasteiger partial charge in [0.2, 0.25) is 0 Å². The Labute approximate surface area is 170 Å². The van der Waals surface area contributed by atoms with Gasteiger partial charge in [-0.25, -0.2) is 9.97 Å². The van der Waals surface area contributed by atoms with Gasteiger partial charge in [0, 0.05) is 30.0 Å². The molecule has 5 nitrogen and oxygen atoms in total. The number of para-hydroxylation sites is 1. The molecule has 0 saturated carbocycles. The van der Waals surface area contributed by atoms with Crippen LogP contribution in [-0.4, -0.2) is 41.2 Å². The molecule has 1 N–H and O–H groups in total. The highest BCUT2D eigenvalue weighted by atomic mass is 32.1. The SMILES string of the molecule is COCC[C@@H]1CCCCN1Cc1nc(NCc2cccs2)c2ccccc2n1. The van der Waals surface area contributed by atoms with E-state index in [4.69, 9.17) is 14.7 Å². The normalized spacial score (nSPS) is 17.8. The zero-order chi connectivity index (χ0) is 19.2. The Bertz CT molecular complexity index is 883. The number of methoxy groups -OCH3 is 1. The molecule has 2 aromatic heterocycles. The van der Waals surface area contributed by atoms with E-state index < -0.39 is 0 Å². The van der Waals surface area contributed by atoms with E-state index in [0.29, 0.717) is 6.04 Å². The molecule has 0 unspecified atom stereocenters. The number of anilines is 1. The first kappa shape index (κ1) is 19.3. The van der Waals surface area contributed by atoms with Crippen LogP contribution < -0.4 is 5.32 Å². The summed E-state index contributed by atoms with van der Waals surface area (Å²) in [5, 5.41) is 6.72. The summed E-state index contributed by atoms with van der Waals surface area (Å²) in [7, 11) is 1.78. The number of hydrogen-bond donors (Lipinski definition) is 1. The second-order valence-corrected chi connectivity index (χ2v) is 8.37. The molecule has 1 saturated heterocycles. The molecule has 3 aromatic rings. The summed E-state index contributed by atoms with van der Waals surface area (Å²) in [6, 6.07) is 13.1. The summed E-state index contributed by atoms with van der Waals surface area (Å²) in [5.41, 5.74) is 1.01. The Morgan fingerprint density at radius 3 is 2.96 bits per heavy atom. The first-order valence-electron chi connectivity index (χ1n) is 10.1. The van der Waals surface area contributed by atoms with Crippen molar-refractivity contribution < 1.29 is 4.74 Å². The summed E-state index contributed by atoms with van der Waals surface area (Å²) >= 11 is 1.76. The van der Waals surface area contributed by atoms with Gasteiger partial charge < -0.3 is 10.1 Å². The average molecular weight is 397 g/mol. The van der Waals surface area contributed by atoms with Crippen molar-refractivity contribution in [2.24, 2.45) is 0 Å². The van der Waals surface area contributed by atoms with Gasteiger partial charge in [-0.15, -0.1) is 11.3 Å². The van der Waals surface area contributed by atoms with E-state index in [1.54, 1.807) is 18.4 Å². The zero-order valence-electron chi connectivity index (χ0n) is 16.4. The lowest BCUT2D eigenvalue weighted by atomic mass is 9.99. The molecule has 0 spiro atoms. The van der Waals surface area contributed by atoms with Crippen molar-refractivity contribution in [2.75, 3.05) is 25.6 Å². The Kier molecular flexibility index (Phi) is 6.52. The molecule has 1 aliphatic heterocycles. The van der Waals surface area contributed by atoms with E-state index in [9.17, 15) is 0 Å². The number of nitrogens with zero attached hydrogens (tertiary/aromatic N) is 3. The molecule has 0 aliphatic carbocycles. The number of thiophene rings is 1. The predicted molar refractivity (Wildman–Crippen MR) is 116 cm³/mol. The summed E-state index contributed by atoms with van der Waals surface area (Å²) in [5.74, 6) is 1.83. The minimum atomic E-state index is 0.561. The third-order valence-corrected chi connectivity index (χ3v) is 6.28. The molecule has 0 bridgehead atoms. The molecular formula is C22H28N4OS. The van der Waals surface area contributed by atoms with Gasteiger partial charge in [-0.05, 0) is 49.4 Å². The van der Waals surface area contributed by atoms with Crippen LogP contribution in [0.3, 0.4) is 0 Å². The van der Waals surface area contributed by atoms with Gasteiger partial charge >= 0.3 is 0 Å². The molecular weight excluding hydrogens is 368 g/mol.